The number of hydrogen-bond acceptors (Lipinski definition) is 8. The Hall–Kier alpha value is -3.64. The van der Waals surface area contributed by atoms with Gasteiger partial charge in [-0.15, -0.1) is 0 Å². The third-order valence-electron chi connectivity index (χ3n) is 8.52. The van der Waals surface area contributed by atoms with Crippen molar-refractivity contribution in [3.63, 3.8) is 0 Å². The van der Waals surface area contributed by atoms with E-state index >= 15 is 0 Å². The van der Waals surface area contributed by atoms with Crippen LogP contribution in [0.15, 0.2) is 22.7 Å². The van der Waals surface area contributed by atoms with E-state index in [0.717, 1.165) is 19.3 Å². The highest BCUT2D eigenvalue weighted by molar-refractivity contribution is 5.96. The highest BCUT2D eigenvalue weighted by atomic mass is 19.4. The van der Waals surface area contributed by atoms with Crippen molar-refractivity contribution in [2.45, 2.75) is 58.0 Å². The minimum atomic E-state index is -4.83. The lowest BCUT2D eigenvalue weighted by atomic mass is 9.94. The number of carbonyl (C=O) groups is 3. The number of amides is 1. The maximum absolute atomic E-state index is 13.8. The predicted molar refractivity (Wildman–Crippen MR) is 146 cm³/mol. The number of carboxylic acids is 1. The molecule has 0 bridgehead atoms. The number of halogens is 3. The molecule has 0 radical (unpaired) electrons. The largest absolute Gasteiger partial charge is 0.481 e. The first-order chi connectivity index (χ1) is 20.0. The Morgan fingerprint density at radius 1 is 0.976 bits per heavy atom. The van der Waals surface area contributed by atoms with Crippen LogP contribution in [-0.4, -0.2) is 76.9 Å². The Balaban J connectivity index is 1.22. The second-order valence-electron chi connectivity index (χ2n) is 11.6. The number of aromatic nitrogens is 2. The van der Waals surface area contributed by atoms with Crippen molar-refractivity contribution < 1.29 is 37.1 Å². The second kappa shape index (κ2) is 12.3. The minimum absolute atomic E-state index is 0.104. The van der Waals surface area contributed by atoms with Crippen LogP contribution in [0.4, 0.5) is 25.0 Å². The van der Waals surface area contributed by atoms with E-state index in [4.69, 9.17) is 4.42 Å². The van der Waals surface area contributed by atoms with Gasteiger partial charge >= 0.3 is 12.1 Å². The Morgan fingerprint density at radius 2 is 1.74 bits per heavy atom. The van der Waals surface area contributed by atoms with Crippen LogP contribution in [0, 0.1) is 17.8 Å². The minimum Gasteiger partial charge on any atom is -0.481 e. The molecular weight excluding hydrogens is 555 g/mol. The lowest BCUT2D eigenvalue weighted by molar-refractivity contribution is -0.149. The number of oxazole rings is 1. The fraction of sp³-hybridized carbons (Fsp3) is 0.621. The SMILES string of the molecule is CC1CCCN(c2nc(C(F)(F)F)c(C(=O)Cc3ccc(N4CCCN(C(=O)[C@@H]5CCC[C@H]5C(=O)O)CC4)nc3)o2)C1. The van der Waals surface area contributed by atoms with Crippen LogP contribution in [0.25, 0.3) is 0 Å². The van der Waals surface area contributed by atoms with Gasteiger partial charge in [0.15, 0.2) is 5.69 Å². The number of piperidine rings is 1. The highest BCUT2D eigenvalue weighted by Crippen LogP contribution is 2.36. The molecule has 42 heavy (non-hydrogen) atoms. The van der Waals surface area contributed by atoms with Crippen LogP contribution < -0.4 is 9.80 Å². The number of Topliss-reactive ketones (excluding diaryl/α,β-unsaturated/α-hetero) is 1. The molecular formula is C29H36F3N5O5. The van der Waals surface area contributed by atoms with Gasteiger partial charge in [0.25, 0.3) is 6.01 Å². The van der Waals surface area contributed by atoms with E-state index < -0.39 is 41.2 Å². The van der Waals surface area contributed by atoms with Crippen LogP contribution in [-0.2, 0) is 22.2 Å². The number of hydrogen-bond donors (Lipinski definition) is 1. The van der Waals surface area contributed by atoms with Crippen molar-refractivity contribution in [3.8, 4) is 0 Å². The van der Waals surface area contributed by atoms with E-state index in [2.05, 4.69) is 9.97 Å². The standard InChI is InChI=1S/C29H36F3N5O5/c1-18-5-3-10-37(17-18)28-34-25(29(30,31)32)24(42-28)22(38)15-19-8-9-23(33-16-19)35-11-4-12-36(14-13-35)26(39)20-6-2-7-21(20)27(40)41/h8-9,16,18,20-21H,2-7,10-15,17H2,1H3,(H,40,41)/t18?,20-,21-/m1/s1. The van der Waals surface area contributed by atoms with Crippen molar-refractivity contribution >= 4 is 29.5 Å². The van der Waals surface area contributed by atoms with E-state index in [-0.39, 0.29) is 24.3 Å². The molecule has 0 spiro atoms. The summed E-state index contributed by atoms with van der Waals surface area (Å²) in [7, 11) is 0. The van der Waals surface area contributed by atoms with Crippen LogP contribution in [0.1, 0.15) is 67.3 Å². The summed E-state index contributed by atoms with van der Waals surface area (Å²) in [6, 6.07) is 3.19. The average Bonchev–Trinajstić information content (AvgIpc) is 3.56. The lowest BCUT2D eigenvalue weighted by Crippen LogP contribution is -2.41. The van der Waals surface area contributed by atoms with Gasteiger partial charge in [0, 0.05) is 51.9 Å². The molecule has 1 unspecified atom stereocenters. The zero-order chi connectivity index (χ0) is 30.0. The number of ketones is 1. The van der Waals surface area contributed by atoms with Crippen LogP contribution in [0.3, 0.4) is 0 Å². The maximum atomic E-state index is 13.8. The van der Waals surface area contributed by atoms with E-state index in [1.54, 1.807) is 21.9 Å². The van der Waals surface area contributed by atoms with Crippen LogP contribution in [0.5, 0.6) is 0 Å². The highest BCUT2D eigenvalue weighted by Gasteiger charge is 2.42. The molecule has 0 aromatic carbocycles. The normalized spacial score (nSPS) is 23.6. The number of nitrogens with zero attached hydrogens (tertiary/aromatic N) is 5. The summed E-state index contributed by atoms with van der Waals surface area (Å²) >= 11 is 0. The topological polar surface area (TPSA) is 120 Å². The van der Waals surface area contributed by atoms with E-state index in [1.165, 1.54) is 6.20 Å². The Bertz CT molecular complexity index is 1300. The molecule has 2 aromatic heterocycles. The number of carbonyl (C=O) groups excluding carboxylic acids is 2. The fourth-order valence-corrected chi connectivity index (χ4v) is 6.32. The molecule has 228 valence electrons. The summed E-state index contributed by atoms with van der Waals surface area (Å²) in [6.07, 6.45) is 0.629. The molecule has 2 saturated heterocycles. The number of alkyl halides is 3. The number of aliphatic carboxylic acids is 1. The van der Waals surface area contributed by atoms with Crippen LogP contribution >= 0.6 is 0 Å². The molecule has 3 atom stereocenters. The molecule has 5 rings (SSSR count). The van der Waals surface area contributed by atoms with Gasteiger partial charge in [-0.05, 0) is 49.7 Å². The van der Waals surface area contributed by atoms with Gasteiger partial charge in [0.2, 0.25) is 17.5 Å². The molecule has 1 aliphatic carbocycles. The van der Waals surface area contributed by atoms with Gasteiger partial charge in [-0.3, -0.25) is 14.4 Å². The lowest BCUT2D eigenvalue weighted by Gasteiger charge is -2.29. The number of rotatable bonds is 7. The summed E-state index contributed by atoms with van der Waals surface area (Å²) in [5.74, 6) is -2.83. The van der Waals surface area contributed by atoms with E-state index in [9.17, 15) is 32.7 Å². The zero-order valence-electron chi connectivity index (χ0n) is 23.6. The Morgan fingerprint density at radius 3 is 2.43 bits per heavy atom. The summed E-state index contributed by atoms with van der Waals surface area (Å²) in [6.45, 7) is 5.15. The van der Waals surface area contributed by atoms with Gasteiger partial charge in [-0.2, -0.15) is 18.2 Å². The van der Waals surface area contributed by atoms with Crippen molar-refractivity contribution in [1.82, 2.24) is 14.9 Å². The van der Waals surface area contributed by atoms with Crippen LogP contribution in [0.2, 0.25) is 0 Å². The van der Waals surface area contributed by atoms with Gasteiger partial charge < -0.3 is 24.2 Å². The van der Waals surface area contributed by atoms with Crippen molar-refractivity contribution in [3.05, 3.63) is 35.3 Å². The molecule has 1 saturated carbocycles. The molecule has 1 N–H and O–H groups in total. The summed E-state index contributed by atoms with van der Waals surface area (Å²) in [5.41, 5.74) is -0.866. The smallest absolute Gasteiger partial charge is 0.437 e. The summed E-state index contributed by atoms with van der Waals surface area (Å²) in [4.78, 5) is 51.1. The molecule has 13 heteroatoms. The fourth-order valence-electron chi connectivity index (χ4n) is 6.32. The number of carboxylic acid groups (broad SMARTS) is 1. The third kappa shape index (κ3) is 6.54. The quantitative estimate of drug-likeness (QED) is 0.470. The maximum Gasteiger partial charge on any atom is 0.437 e. The molecule has 2 aliphatic heterocycles. The third-order valence-corrected chi connectivity index (χ3v) is 8.52. The van der Waals surface area contributed by atoms with Gasteiger partial charge in [-0.25, -0.2) is 4.98 Å². The van der Waals surface area contributed by atoms with Crippen molar-refractivity contribution in [1.29, 1.82) is 0 Å². The Kier molecular flexibility index (Phi) is 8.74. The molecule has 4 heterocycles. The van der Waals surface area contributed by atoms with E-state index in [0.29, 0.717) is 69.9 Å². The van der Waals surface area contributed by atoms with Gasteiger partial charge in [-0.1, -0.05) is 19.4 Å². The first-order valence-corrected chi connectivity index (χ1v) is 14.6. The average molecular weight is 592 g/mol. The molecule has 1 amide bonds. The Labute approximate surface area is 241 Å². The molecule has 2 aromatic rings. The predicted octanol–water partition coefficient (Wildman–Crippen LogP) is 4.29. The zero-order valence-corrected chi connectivity index (χ0v) is 23.6. The van der Waals surface area contributed by atoms with Crippen molar-refractivity contribution in [2.24, 2.45) is 17.8 Å². The van der Waals surface area contributed by atoms with E-state index in [1.807, 2.05) is 11.8 Å². The molecule has 10 nitrogen and oxygen atoms in total. The van der Waals surface area contributed by atoms with Crippen molar-refractivity contribution in [2.75, 3.05) is 49.1 Å². The number of anilines is 2. The summed E-state index contributed by atoms with van der Waals surface area (Å²) < 4.78 is 46.7. The molecule has 3 fully saturated rings. The molecule has 3 aliphatic rings. The first kappa shape index (κ1) is 29.8. The monoisotopic (exact) mass is 591 g/mol. The first-order valence-electron chi connectivity index (χ1n) is 14.6. The number of pyridine rings is 1. The second-order valence-corrected chi connectivity index (χ2v) is 11.6. The van der Waals surface area contributed by atoms with Gasteiger partial charge in [0.05, 0.1) is 11.8 Å². The van der Waals surface area contributed by atoms with Gasteiger partial charge in [0.1, 0.15) is 5.82 Å². The summed E-state index contributed by atoms with van der Waals surface area (Å²) in [5, 5.41) is 9.46.